The highest BCUT2D eigenvalue weighted by atomic mass is 32.2. The Hall–Kier alpha value is -3.18. The van der Waals surface area contributed by atoms with Crippen LogP contribution in [0.2, 0.25) is 0 Å². The molecule has 1 aromatic carbocycles. The summed E-state index contributed by atoms with van der Waals surface area (Å²) in [6.45, 7) is 8.00. The number of aryl methyl sites for hydroxylation is 2. The van der Waals surface area contributed by atoms with Gasteiger partial charge in [-0.25, -0.2) is 32.2 Å². The summed E-state index contributed by atoms with van der Waals surface area (Å²) in [5.41, 5.74) is 1.73. The molecule has 0 atom stereocenters. The van der Waals surface area contributed by atoms with Gasteiger partial charge < -0.3 is 14.4 Å². The Morgan fingerprint density at radius 2 is 1.75 bits per heavy atom. The van der Waals surface area contributed by atoms with Crippen molar-refractivity contribution in [3.63, 3.8) is 0 Å². The number of sulfone groups is 1. The van der Waals surface area contributed by atoms with Crippen molar-refractivity contribution in [2.24, 2.45) is 11.3 Å². The number of hydrogen-bond acceptors (Lipinski definition) is 8. The van der Waals surface area contributed by atoms with Gasteiger partial charge in [-0.1, -0.05) is 13.8 Å². The topological polar surface area (TPSA) is 94.5 Å². The minimum absolute atomic E-state index is 0.0571. The van der Waals surface area contributed by atoms with Crippen molar-refractivity contribution >= 4 is 15.8 Å². The summed E-state index contributed by atoms with van der Waals surface area (Å²) in [4.78, 5) is 15.2. The standard InChI is InChI=1S/C29H34F2N4O4S/c1-4-20-13-32-28(33-14-20)35-9-7-21(8-10-35)15-39-27-24(30)11-22(12-25(27)31)23-5-6-26(34-19(23)2)40(36,37)18-29(3)16-38-17-29/h5-6,11-14,21H,4,7-10,15-18H2,1-3H3. The predicted octanol–water partition coefficient (Wildman–Crippen LogP) is 4.79. The van der Waals surface area contributed by atoms with Crippen LogP contribution in [-0.4, -0.2) is 62.0 Å². The van der Waals surface area contributed by atoms with E-state index in [-0.39, 0.29) is 28.9 Å². The van der Waals surface area contributed by atoms with Crippen LogP contribution in [0.15, 0.2) is 41.7 Å². The molecule has 0 bridgehead atoms. The van der Waals surface area contributed by atoms with Crippen LogP contribution in [0.1, 0.15) is 37.9 Å². The number of aromatic nitrogens is 3. The van der Waals surface area contributed by atoms with Crippen molar-refractivity contribution in [2.45, 2.75) is 45.1 Å². The average Bonchev–Trinajstić information content (AvgIpc) is 2.92. The molecule has 0 aliphatic carbocycles. The lowest BCUT2D eigenvalue weighted by atomic mass is 9.92. The minimum atomic E-state index is -3.63. The fourth-order valence-corrected chi connectivity index (χ4v) is 6.91. The van der Waals surface area contributed by atoms with Crippen molar-refractivity contribution in [1.29, 1.82) is 0 Å². The van der Waals surface area contributed by atoms with Gasteiger partial charge in [0.25, 0.3) is 0 Å². The molecule has 3 aromatic rings. The molecule has 0 spiro atoms. The minimum Gasteiger partial charge on any atom is -0.487 e. The van der Waals surface area contributed by atoms with Crippen molar-refractivity contribution in [1.82, 2.24) is 15.0 Å². The van der Waals surface area contributed by atoms with Crippen LogP contribution in [0, 0.1) is 29.9 Å². The number of nitrogens with zero attached hydrogens (tertiary/aromatic N) is 4. The molecule has 11 heteroatoms. The van der Waals surface area contributed by atoms with Crippen molar-refractivity contribution in [3.8, 4) is 16.9 Å². The third kappa shape index (κ3) is 6.10. The number of rotatable bonds is 9. The Bertz CT molecular complexity index is 1450. The van der Waals surface area contributed by atoms with E-state index in [2.05, 4.69) is 26.8 Å². The quantitative estimate of drug-likeness (QED) is 0.361. The van der Waals surface area contributed by atoms with Crippen LogP contribution in [0.4, 0.5) is 14.7 Å². The van der Waals surface area contributed by atoms with E-state index in [9.17, 15) is 8.42 Å². The first-order chi connectivity index (χ1) is 19.1. The summed E-state index contributed by atoms with van der Waals surface area (Å²) < 4.78 is 66.5. The summed E-state index contributed by atoms with van der Waals surface area (Å²) in [5, 5.41) is -0.0571. The molecule has 8 nitrogen and oxygen atoms in total. The number of halogens is 2. The molecule has 40 heavy (non-hydrogen) atoms. The van der Waals surface area contributed by atoms with E-state index in [1.54, 1.807) is 6.92 Å². The maximum absolute atomic E-state index is 15.0. The largest absolute Gasteiger partial charge is 0.487 e. The van der Waals surface area contributed by atoms with Gasteiger partial charge in [0.1, 0.15) is 0 Å². The van der Waals surface area contributed by atoms with E-state index in [0.717, 1.165) is 37.9 Å². The molecule has 0 amide bonds. The summed E-state index contributed by atoms with van der Waals surface area (Å²) in [6.07, 6.45) is 6.16. The van der Waals surface area contributed by atoms with Crippen molar-refractivity contribution in [2.75, 3.05) is 43.6 Å². The summed E-state index contributed by atoms with van der Waals surface area (Å²) in [6, 6.07) is 5.32. The van der Waals surface area contributed by atoms with Gasteiger partial charge in [-0.3, -0.25) is 0 Å². The molecule has 2 aliphatic rings. The molecule has 2 aliphatic heterocycles. The Labute approximate surface area is 233 Å². The Balaban J connectivity index is 1.22. The third-order valence-electron chi connectivity index (χ3n) is 7.59. The average molecular weight is 573 g/mol. The lowest BCUT2D eigenvalue weighted by Gasteiger charge is -2.37. The molecule has 0 N–H and O–H groups in total. The van der Waals surface area contributed by atoms with Gasteiger partial charge >= 0.3 is 0 Å². The molecule has 4 heterocycles. The molecule has 2 saturated heterocycles. The molecular formula is C29H34F2N4O4S. The smallest absolute Gasteiger partial charge is 0.225 e. The van der Waals surface area contributed by atoms with E-state index in [1.807, 2.05) is 19.3 Å². The fraction of sp³-hybridized carbons (Fsp3) is 0.483. The van der Waals surface area contributed by atoms with Gasteiger partial charge in [0.2, 0.25) is 5.95 Å². The molecule has 0 saturated carbocycles. The zero-order chi connectivity index (χ0) is 28.5. The van der Waals surface area contributed by atoms with Crippen LogP contribution in [-0.2, 0) is 21.0 Å². The fourth-order valence-electron chi connectivity index (χ4n) is 5.13. The maximum atomic E-state index is 15.0. The molecule has 0 radical (unpaired) electrons. The predicted molar refractivity (Wildman–Crippen MR) is 147 cm³/mol. The second-order valence-electron chi connectivity index (χ2n) is 11.1. The number of hydrogen-bond donors (Lipinski definition) is 0. The van der Waals surface area contributed by atoms with Crippen LogP contribution in [0.5, 0.6) is 5.75 Å². The molecule has 2 aromatic heterocycles. The van der Waals surface area contributed by atoms with E-state index < -0.39 is 32.6 Å². The highest BCUT2D eigenvalue weighted by Gasteiger charge is 2.39. The monoisotopic (exact) mass is 572 g/mol. The molecular weight excluding hydrogens is 538 g/mol. The van der Waals surface area contributed by atoms with Crippen molar-refractivity contribution in [3.05, 3.63) is 59.6 Å². The number of ether oxygens (including phenoxy) is 2. The van der Waals surface area contributed by atoms with Gasteiger partial charge in [0, 0.05) is 42.2 Å². The number of pyridine rings is 1. The lowest BCUT2D eigenvalue weighted by Crippen LogP contribution is -2.45. The Morgan fingerprint density at radius 1 is 1.10 bits per heavy atom. The van der Waals surface area contributed by atoms with Crippen molar-refractivity contribution < 1.29 is 26.7 Å². The summed E-state index contributed by atoms with van der Waals surface area (Å²) in [7, 11) is -3.63. The highest BCUT2D eigenvalue weighted by Crippen LogP contribution is 2.34. The van der Waals surface area contributed by atoms with Gasteiger partial charge in [0.05, 0.1) is 25.6 Å². The van der Waals surface area contributed by atoms with E-state index in [0.29, 0.717) is 30.4 Å². The van der Waals surface area contributed by atoms with E-state index in [1.165, 1.54) is 24.3 Å². The first kappa shape index (κ1) is 28.4. The number of piperidine rings is 1. The Morgan fingerprint density at radius 3 is 2.30 bits per heavy atom. The summed E-state index contributed by atoms with van der Waals surface area (Å²) in [5.74, 6) is -1.26. The normalized spacial score (nSPS) is 17.5. The number of benzene rings is 1. The molecule has 214 valence electrons. The van der Waals surface area contributed by atoms with Gasteiger partial charge in [-0.15, -0.1) is 0 Å². The zero-order valence-electron chi connectivity index (χ0n) is 23.0. The lowest BCUT2D eigenvalue weighted by molar-refractivity contribution is -0.0870. The van der Waals surface area contributed by atoms with E-state index >= 15 is 8.78 Å². The summed E-state index contributed by atoms with van der Waals surface area (Å²) >= 11 is 0. The van der Waals surface area contributed by atoms with Gasteiger partial charge in [-0.05, 0) is 67.5 Å². The number of anilines is 1. The first-order valence-corrected chi connectivity index (χ1v) is 15.2. The SMILES string of the molecule is CCc1cnc(N2CCC(COc3c(F)cc(-c4ccc(S(=O)(=O)CC5(C)COC5)nc4C)cc3F)CC2)nc1. The molecule has 5 rings (SSSR count). The first-order valence-electron chi connectivity index (χ1n) is 13.5. The molecule has 0 unspecified atom stereocenters. The van der Waals surface area contributed by atoms with Gasteiger partial charge in [0.15, 0.2) is 32.2 Å². The van der Waals surface area contributed by atoms with Crippen LogP contribution in [0.3, 0.4) is 0 Å². The van der Waals surface area contributed by atoms with Crippen LogP contribution in [0.25, 0.3) is 11.1 Å². The van der Waals surface area contributed by atoms with E-state index in [4.69, 9.17) is 9.47 Å². The highest BCUT2D eigenvalue weighted by molar-refractivity contribution is 7.91. The second kappa shape index (κ2) is 11.4. The van der Waals surface area contributed by atoms with Gasteiger partial charge in [-0.2, -0.15) is 0 Å². The molecule has 2 fully saturated rings. The van der Waals surface area contributed by atoms with Crippen LogP contribution >= 0.6 is 0 Å². The zero-order valence-corrected chi connectivity index (χ0v) is 23.8. The third-order valence-corrected chi connectivity index (χ3v) is 9.53. The Kier molecular flexibility index (Phi) is 8.05. The maximum Gasteiger partial charge on any atom is 0.225 e. The van der Waals surface area contributed by atoms with Crippen LogP contribution < -0.4 is 9.64 Å². The second-order valence-corrected chi connectivity index (χ2v) is 13.0.